The van der Waals surface area contributed by atoms with Crippen molar-refractivity contribution in [2.24, 2.45) is 0 Å². The zero-order chi connectivity index (χ0) is 14.3. The smallest absolute Gasteiger partial charge is 0.389 e. The first kappa shape index (κ1) is 15.5. The quantitative estimate of drug-likeness (QED) is 0.751. The average molecular weight is 275 g/mol. The lowest BCUT2D eigenvalue weighted by Gasteiger charge is -2.08. The van der Waals surface area contributed by atoms with Gasteiger partial charge in [-0.2, -0.15) is 13.2 Å². The molecular formula is C13H16F3NO2. The lowest BCUT2D eigenvalue weighted by molar-refractivity contribution is -0.135. The topological polar surface area (TPSA) is 49.3 Å². The highest BCUT2D eigenvalue weighted by Crippen LogP contribution is 2.21. The van der Waals surface area contributed by atoms with Crippen molar-refractivity contribution in [3.63, 3.8) is 0 Å². The molecule has 0 aliphatic carbocycles. The first-order valence-electron chi connectivity index (χ1n) is 5.99. The van der Waals surface area contributed by atoms with E-state index in [9.17, 15) is 18.0 Å². The SMILES string of the molecule is O=C(O)c1ccccc1CNCCCCC(F)(F)F. The zero-order valence-electron chi connectivity index (χ0n) is 10.3. The second-order valence-electron chi connectivity index (χ2n) is 4.21. The van der Waals surface area contributed by atoms with Crippen molar-refractivity contribution in [3.05, 3.63) is 35.4 Å². The van der Waals surface area contributed by atoms with E-state index in [0.29, 0.717) is 25.1 Å². The summed E-state index contributed by atoms with van der Waals surface area (Å²) in [6.07, 6.45) is -4.39. The maximum absolute atomic E-state index is 11.9. The Labute approximate surface area is 109 Å². The minimum Gasteiger partial charge on any atom is -0.478 e. The molecule has 0 spiro atoms. The number of benzene rings is 1. The van der Waals surface area contributed by atoms with Gasteiger partial charge in [-0.1, -0.05) is 18.2 Å². The largest absolute Gasteiger partial charge is 0.478 e. The Bertz CT molecular complexity index is 419. The molecule has 1 aromatic rings. The first-order valence-corrected chi connectivity index (χ1v) is 5.99. The number of unbranched alkanes of at least 4 members (excludes halogenated alkanes) is 1. The van der Waals surface area contributed by atoms with Crippen LogP contribution in [-0.2, 0) is 6.54 Å². The average Bonchev–Trinajstić information content (AvgIpc) is 2.32. The second kappa shape index (κ2) is 7.13. The van der Waals surface area contributed by atoms with Crippen LogP contribution in [0.1, 0.15) is 35.2 Å². The van der Waals surface area contributed by atoms with Crippen molar-refractivity contribution in [1.82, 2.24) is 5.32 Å². The normalized spacial score (nSPS) is 11.5. The molecule has 1 rings (SSSR count). The first-order chi connectivity index (χ1) is 8.90. The van der Waals surface area contributed by atoms with Crippen LogP contribution in [0.25, 0.3) is 0 Å². The third-order valence-electron chi connectivity index (χ3n) is 2.63. The minimum atomic E-state index is -4.10. The standard InChI is InChI=1S/C13H16F3NO2/c14-13(15,16)7-3-4-8-17-9-10-5-1-2-6-11(10)12(18)19/h1-2,5-6,17H,3-4,7-9H2,(H,18,19). The van der Waals surface area contributed by atoms with E-state index in [1.54, 1.807) is 18.2 Å². The summed E-state index contributed by atoms with van der Waals surface area (Å²) in [5.41, 5.74) is 0.844. The lowest BCUT2D eigenvalue weighted by Crippen LogP contribution is -2.17. The predicted molar refractivity (Wildman–Crippen MR) is 65.0 cm³/mol. The molecule has 0 heterocycles. The van der Waals surface area contributed by atoms with Crippen LogP contribution in [0.2, 0.25) is 0 Å². The predicted octanol–water partition coefficient (Wildman–Crippen LogP) is 3.21. The van der Waals surface area contributed by atoms with Crippen LogP contribution in [0.4, 0.5) is 13.2 Å². The Morgan fingerprint density at radius 3 is 2.53 bits per heavy atom. The van der Waals surface area contributed by atoms with E-state index < -0.39 is 18.6 Å². The van der Waals surface area contributed by atoms with Crippen molar-refractivity contribution in [2.45, 2.75) is 32.0 Å². The van der Waals surface area contributed by atoms with Gasteiger partial charge in [0.25, 0.3) is 0 Å². The highest BCUT2D eigenvalue weighted by molar-refractivity contribution is 5.89. The molecule has 2 N–H and O–H groups in total. The van der Waals surface area contributed by atoms with Gasteiger partial charge in [-0.05, 0) is 31.0 Å². The molecule has 0 atom stereocenters. The van der Waals surface area contributed by atoms with Crippen LogP contribution in [0.15, 0.2) is 24.3 Å². The van der Waals surface area contributed by atoms with Gasteiger partial charge in [-0.25, -0.2) is 4.79 Å². The Hall–Kier alpha value is -1.56. The lowest BCUT2D eigenvalue weighted by atomic mass is 10.1. The van der Waals surface area contributed by atoms with Crippen LogP contribution in [0.3, 0.4) is 0 Å². The number of halogens is 3. The van der Waals surface area contributed by atoms with Gasteiger partial charge in [0.15, 0.2) is 0 Å². The molecule has 106 valence electrons. The van der Waals surface area contributed by atoms with Gasteiger partial charge in [0.1, 0.15) is 0 Å². The fraction of sp³-hybridized carbons (Fsp3) is 0.462. The van der Waals surface area contributed by atoms with E-state index >= 15 is 0 Å². The molecule has 19 heavy (non-hydrogen) atoms. The number of carboxylic acids is 1. The Morgan fingerprint density at radius 1 is 1.21 bits per heavy atom. The summed E-state index contributed by atoms with van der Waals surface area (Å²) in [5, 5.41) is 11.9. The van der Waals surface area contributed by atoms with E-state index in [2.05, 4.69) is 5.32 Å². The Balaban J connectivity index is 2.28. The molecule has 0 fully saturated rings. The number of alkyl halides is 3. The van der Waals surface area contributed by atoms with Crippen molar-refractivity contribution < 1.29 is 23.1 Å². The Kier molecular flexibility index (Phi) is 5.82. The highest BCUT2D eigenvalue weighted by Gasteiger charge is 2.25. The molecule has 0 aliphatic heterocycles. The van der Waals surface area contributed by atoms with Crippen molar-refractivity contribution in [2.75, 3.05) is 6.54 Å². The maximum atomic E-state index is 11.9. The Morgan fingerprint density at radius 2 is 1.89 bits per heavy atom. The summed E-state index contributed by atoms with van der Waals surface area (Å²) in [7, 11) is 0. The molecule has 6 heteroatoms. The van der Waals surface area contributed by atoms with Gasteiger partial charge < -0.3 is 10.4 Å². The molecule has 0 radical (unpaired) electrons. The van der Waals surface area contributed by atoms with Crippen LogP contribution in [0.5, 0.6) is 0 Å². The number of carboxylic acid groups (broad SMARTS) is 1. The van der Waals surface area contributed by atoms with Crippen molar-refractivity contribution in [1.29, 1.82) is 0 Å². The van der Waals surface area contributed by atoms with E-state index in [1.807, 2.05) is 0 Å². The molecule has 0 bridgehead atoms. The summed E-state index contributed by atoms with van der Waals surface area (Å²) in [6.45, 7) is 0.776. The summed E-state index contributed by atoms with van der Waals surface area (Å²) in [4.78, 5) is 10.9. The van der Waals surface area contributed by atoms with Crippen molar-refractivity contribution in [3.8, 4) is 0 Å². The van der Waals surface area contributed by atoms with E-state index in [-0.39, 0.29) is 12.0 Å². The number of aromatic carboxylic acids is 1. The van der Waals surface area contributed by atoms with Gasteiger partial charge in [-0.3, -0.25) is 0 Å². The monoisotopic (exact) mass is 275 g/mol. The van der Waals surface area contributed by atoms with Gasteiger partial charge in [-0.15, -0.1) is 0 Å². The molecule has 0 saturated heterocycles. The summed E-state index contributed by atoms with van der Waals surface area (Å²) in [6, 6.07) is 6.55. The fourth-order valence-electron chi connectivity index (χ4n) is 1.68. The molecule has 0 saturated carbocycles. The van der Waals surface area contributed by atoms with Crippen molar-refractivity contribution >= 4 is 5.97 Å². The maximum Gasteiger partial charge on any atom is 0.389 e. The molecule has 3 nitrogen and oxygen atoms in total. The zero-order valence-corrected chi connectivity index (χ0v) is 10.3. The number of carbonyl (C=O) groups is 1. The molecule has 1 aromatic carbocycles. The van der Waals surface area contributed by atoms with Crippen LogP contribution >= 0.6 is 0 Å². The number of hydrogen-bond acceptors (Lipinski definition) is 2. The third-order valence-corrected chi connectivity index (χ3v) is 2.63. The fourth-order valence-corrected chi connectivity index (χ4v) is 1.68. The number of rotatable bonds is 7. The van der Waals surface area contributed by atoms with E-state index in [4.69, 9.17) is 5.11 Å². The minimum absolute atomic E-state index is 0.0804. The highest BCUT2D eigenvalue weighted by atomic mass is 19.4. The van der Waals surface area contributed by atoms with Gasteiger partial charge >= 0.3 is 12.1 Å². The van der Waals surface area contributed by atoms with Gasteiger partial charge in [0.2, 0.25) is 0 Å². The van der Waals surface area contributed by atoms with Crippen LogP contribution in [-0.4, -0.2) is 23.8 Å². The van der Waals surface area contributed by atoms with E-state index in [0.717, 1.165) is 0 Å². The second-order valence-corrected chi connectivity index (χ2v) is 4.21. The molecular weight excluding hydrogens is 259 g/mol. The van der Waals surface area contributed by atoms with Crippen LogP contribution in [0, 0.1) is 0 Å². The molecule has 0 aliphatic rings. The summed E-state index contributed by atoms with van der Waals surface area (Å²) in [5.74, 6) is -1.01. The third kappa shape index (κ3) is 6.24. The van der Waals surface area contributed by atoms with Gasteiger partial charge in [0.05, 0.1) is 5.56 Å². The van der Waals surface area contributed by atoms with E-state index in [1.165, 1.54) is 6.07 Å². The summed E-state index contributed by atoms with van der Waals surface area (Å²) < 4.78 is 35.7. The molecule has 0 amide bonds. The van der Waals surface area contributed by atoms with Crippen LogP contribution < -0.4 is 5.32 Å². The number of hydrogen-bond donors (Lipinski definition) is 2. The van der Waals surface area contributed by atoms with Gasteiger partial charge in [0, 0.05) is 13.0 Å². The molecule has 0 aromatic heterocycles. The number of nitrogens with one attached hydrogen (secondary N) is 1. The summed E-state index contributed by atoms with van der Waals surface area (Å²) >= 11 is 0. The molecule has 0 unspecified atom stereocenters.